The van der Waals surface area contributed by atoms with Gasteiger partial charge in [-0.2, -0.15) is 0 Å². The van der Waals surface area contributed by atoms with Crippen LogP contribution in [0.2, 0.25) is 0 Å². The minimum Gasteiger partial charge on any atom is -0.748 e. The highest BCUT2D eigenvalue weighted by Gasteiger charge is 2.21. The maximum Gasteiger partial charge on any atom is 0.104 e. The fraction of sp³-hybridized carbons (Fsp3) is 0.556. The number of hydrogen-bond donors (Lipinski definition) is 0. The van der Waals surface area contributed by atoms with E-state index in [1.807, 2.05) is 6.07 Å². The largest absolute Gasteiger partial charge is 0.748 e. The molecule has 0 amide bonds. The number of benzene rings is 2. The Morgan fingerprint density at radius 1 is 0.656 bits per heavy atom. The number of unbranched alkanes of at least 4 members (excludes halogenated alkanes) is 7. The summed E-state index contributed by atoms with van der Waals surface area (Å²) in [4.78, 5) is 0. The number of hydrogen-bond acceptors (Lipinski definition) is 3. The van der Waals surface area contributed by atoms with Crippen molar-refractivity contribution in [3.05, 3.63) is 71.8 Å². The average Bonchev–Trinajstić information content (AvgIpc) is 2.76. The predicted molar refractivity (Wildman–Crippen MR) is 132 cm³/mol. The van der Waals surface area contributed by atoms with E-state index in [9.17, 15) is 13.0 Å². The summed E-state index contributed by atoms with van der Waals surface area (Å²) < 4.78 is 33.6. The maximum absolute atomic E-state index is 10.9. The molecule has 0 radical (unpaired) electrons. The van der Waals surface area contributed by atoms with Crippen LogP contribution in [0.3, 0.4) is 0 Å². The molecule has 0 saturated carbocycles. The van der Waals surface area contributed by atoms with E-state index in [-0.39, 0.29) is 5.75 Å². The lowest BCUT2D eigenvalue weighted by Gasteiger charge is -2.35. The molecule has 0 aliphatic carbocycles. The van der Waals surface area contributed by atoms with Crippen molar-refractivity contribution in [3.8, 4) is 0 Å². The van der Waals surface area contributed by atoms with E-state index >= 15 is 0 Å². The van der Waals surface area contributed by atoms with Crippen LogP contribution in [0.15, 0.2) is 60.7 Å². The summed E-state index contributed by atoms with van der Waals surface area (Å²) >= 11 is 0. The molecule has 0 bridgehead atoms. The van der Waals surface area contributed by atoms with Crippen LogP contribution in [0.1, 0.15) is 68.9 Å². The van der Waals surface area contributed by atoms with Gasteiger partial charge in [0.1, 0.15) is 6.54 Å². The number of nitrogens with zero attached hydrogens (tertiary/aromatic N) is 1. The van der Waals surface area contributed by atoms with E-state index < -0.39 is 10.1 Å². The van der Waals surface area contributed by atoms with Crippen LogP contribution in [-0.2, 0) is 23.1 Å². The van der Waals surface area contributed by atoms with Crippen molar-refractivity contribution in [2.75, 3.05) is 25.9 Å². The zero-order chi connectivity index (χ0) is 23.1. The molecule has 2 aromatic rings. The van der Waals surface area contributed by atoms with Crippen molar-refractivity contribution in [2.45, 2.75) is 70.8 Å². The first-order valence-electron chi connectivity index (χ1n) is 12.2. The molecule has 0 N–H and O–H groups in total. The van der Waals surface area contributed by atoms with E-state index in [0.717, 1.165) is 30.5 Å². The van der Waals surface area contributed by atoms with Gasteiger partial charge in [0.15, 0.2) is 0 Å². The van der Waals surface area contributed by atoms with Gasteiger partial charge >= 0.3 is 0 Å². The van der Waals surface area contributed by atoms with E-state index in [1.165, 1.54) is 62.5 Å². The Kier molecular flexibility index (Phi) is 12.0. The first-order chi connectivity index (χ1) is 15.4. The quantitative estimate of drug-likeness (QED) is 0.167. The molecule has 1 atom stereocenters. The van der Waals surface area contributed by atoms with E-state index in [1.54, 1.807) is 0 Å². The Labute approximate surface area is 196 Å². The summed E-state index contributed by atoms with van der Waals surface area (Å²) in [6.45, 7) is 2.95. The molecule has 0 heterocycles. The summed E-state index contributed by atoms with van der Waals surface area (Å²) in [7, 11) is -1.84. The molecule has 4 nitrogen and oxygen atoms in total. The fourth-order valence-electron chi connectivity index (χ4n) is 4.42. The second kappa shape index (κ2) is 14.5. The van der Waals surface area contributed by atoms with Gasteiger partial charge in [-0.25, -0.2) is 8.42 Å². The van der Waals surface area contributed by atoms with Gasteiger partial charge in [0.25, 0.3) is 0 Å². The first kappa shape index (κ1) is 26.6. The van der Waals surface area contributed by atoms with Crippen LogP contribution in [0, 0.1) is 0 Å². The van der Waals surface area contributed by atoms with Crippen molar-refractivity contribution in [1.29, 1.82) is 0 Å². The third-order valence-electron chi connectivity index (χ3n) is 6.26. The Balaban J connectivity index is 1.65. The monoisotopic (exact) mass is 459 g/mol. The molecule has 178 valence electrons. The average molecular weight is 460 g/mol. The maximum atomic E-state index is 10.9. The molecule has 2 aromatic carbocycles. The van der Waals surface area contributed by atoms with Crippen LogP contribution in [0.5, 0.6) is 0 Å². The third kappa shape index (κ3) is 12.4. The predicted octanol–water partition coefficient (Wildman–Crippen LogP) is 5.93. The van der Waals surface area contributed by atoms with Crippen LogP contribution in [0.4, 0.5) is 0 Å². The first-order valence-corrected chi connectivity index (χ1v) is 13.8. The molecule has 0 aromatic heterocycles. The van der Waals surface area contributed by atoms with Crippen molar-refractivity contribution in [3.63, 3.8) is 0 Å². The number of quaternary nitrogens is 1. The molecule has 0 aliphatic heterocycles. The van der Waals surface area contributed by atoms with Gasteiger partial charge in [0.05, 0.1) is 30.3 Å². The van der Waals surface area contributed by atoms with E-state index in [4.69, 9.17) is 0 Å². The lowest BCUT2D eigenvalue weighted by Crippen LogP contribution is -2.44. The van der Waals surface area contributed by atoms with Gasteiger partial charge in [0.2, 0.25) is 0 Å². The Morgan fingerprint density at radius 3 is 1.69 bits per heavy atom. The van der Waals surface area contributed by atoms with Crippen molar-refractivity contribution < 1.29 is 17.5 Å². The van der Waals surface area contributed by atoms with E-state index in [0.29, 0.717) is 6.42 Å². The van der Waals surface area contributed by atoms with Crippen LogP contribution in [0.25, 0.3) is 0 Å². The highest BCUT2D eigenvalue weighted by molar-refractivity contribution is 7.85. The Morgan fingerprint density at radius 2 is 1.12 bits per heavy atom. The molecule has 0 saturated heterocycles. The standard InChI is InChI=1S/C27H41NO3S/c1-28(23-15-16-24-32(29,30)31,25-27-20-12-8-13-21-27)22-14-6-4-2-3-5-9-17-26-18-10-7-11-19-26/h7-8,10-13,18-21H,2-6,9,14-17,22-25H2,1H3. The van der Waals surface area contributed by atoms with Crippen molar-refractivity contribution in [1.82, 2.24) is 0 Å². The molecular weight excluding hydrogens is 418 g/mol. The minimum atomic E-state index is -4.11. The van der Waals surface area contributed by atoms with Gasteiger partial charge in [-0.05, 0) is 44.1 Å². The van der Waals surface area contributed by atoms with Gasteiger partial charge in [-0.15, -0.1) is 0 Å². The smallest absolute Gasteiger partial charge is 0.104 e. The summed E-state index contributed by atoms with van der Waals surface area (Å²) in [6.07, 6.45) is 11.3. The fourth-order valence-corrected chi connectivity index (χ4v) is 4.98. The third-order valence-corrected chi connectivity index (χ3v) is 7.04. The molecule has 1 unspecified atom stereocenters. The normalized spacial score (nSPS) is 13.7. The van der Waals surface area contributed by atoms with Crippen molar-refractivity contribution >= 4 is 10.1 Å². The summed E-state index contributed by atoms with van der Waals surface area (Å²) in [5.74, 6) is -0.247. The molecule has 32 heavy (non-hydrogen) atoms. The van der Waals surface area contributed by atoms with Crippen LogP contribution >= 0.6 is 0 Å². The van der Waals surface area contributed by atoms with Crippen LogP contribution < -0.4 is 0 Å². The highest BCUT2D eigenvalue weighted by Crippen LogP contribution is 2.17. The topological polar surface area (TPSA) is 57.2 Å². The minimum absolute atomic E-state index is 0.247. The Bertz CT molecular complexity index is 840. The second-order valence-corrected chi connectivity index (χ2v) is 10.9. The molecule has 0 aliphatic rings. The zero-order valence-corrected chi connectivity index (χ0v) is 20.6. The van der Waals surface area contributed by atoms with E-state index in [2.05, 4.69) is 61.6 Å². The lowest BCUT2D eigenvalue weighted by atomic mass is 10.0. The van der Waals surface area contributed by atoms with Crippen molar-refractivity contribution in [2.24, 2.45) is 0 Å². The van der Waals surface area contributed by atoms with Gasteiger partial charge in [-0.1, -0.05) is 86.3 Å². The highest BCUT2D eigenvalue weighted by atomic mass is 32.2. The summed E-state index contributed by atoms with van der Waals surface area (Å²) in [5, 5.41) is 0. The summed E-state index contributed by atoms with van der Waals surface area (Å²) in [5.41, 5.74) is 2.75. The molecule has 0 spiro atoms. The zero-order valence-electron chi connectivity index (χ0n) is 19.8. The Hall–Kier alpha value is -1.69. The van der Waals surface area contributed by atoms with Gasteiger partial charge in [0, 0.05) is 11.3 Å². The molecule has 5 heteroatoms. The second-order valence-electron chi connectivity index (χ2n) is 9.39. The molecule has 2 rings (SSSR count). The summed E-state index contributed by atoms with van der Waals surface area (Å²) in [6, 6.07) is 21.2. The van der Waals surface area contributed by atoms with Gasteiger partial charge < -0.3 is 9.04 Å². The molecular formula is C27H41NO3S. The van der Waals surface area contributed by atoms with Gasteiger partial charge in [-0.3, -0.25) is 0 Å². The number of rotatable bonds is 17. The SMILES string of the molecule is C[N+](CCCCCCCCCc1ccccc1)(CCCCS(=O)(=O)[O-])Cc1ccccc1. The number of aryl methyl sites for hydroxylation is 1. The lowest BCUT2D eigenvalue weighted by molar-refractivity contribution is -0.923. The molecule has 0 fully saturated rings. The van der Waals surface area contributed by atoms with Crippen LogP contribution in [-0.4, -0.2) is 43.3 Å².